The number of hydrogen-bond acceptors (Lipinski definition) is 6. The first kappa shape index (κ1) is 15.7. The highest BCUT2D eigenvalue weighted by molar-refractivity contribution is 6.22. The first-order chi connectivity index (χ1) is 11.4. The molecule has 2 saturated heterocycles. The van der Waals surface area contributed by atoms with Gasteiger partial charge in [-0.05, 0) is 43.7 Å². The average molecular weight is 330 g/mol. The quantitative estimate of drug-likeness (QED) is 0.828. The molecule has 1 aromatic carbocycles. The molecule has 3 aliphatic rings. The first-order valence-electron chi connectivity index (χ1n) is 7.84. The molecule has 2 aliphatic heterocycles. The minimum absolute atomic E-state index is 0.169. The maximum absolute atomic E-state index is 12.1. The number of rotatable bonds is 2. The normalized spacial score (nSPS) is 33.6. The lowest BCUT2D eigenvalue weighted by molar-refractivity contribution is -0.228. The number of fused-ring (bicyclic) bond motifs is 2. The zero-order valence-corrected chi connectivity index (χ0v) is 13.6. The van der Waals surface area contributed by atoms with Crippen molar-refractivity contribution in [3.8, 4) is 0 Å². The number of ketones is 2. The van der Waals surface area contributed by atoms with Gasteiger partial charge in [-0.15, -0.1) is 0 Å². The van der Waals surface area contributed by atoms with Crippen LogP contribution in [0.15, 0.2) is 30.4 Å². The van der Waals surface area contributed by atoms with Crippen molar-refractivity contribution in [1.29, 1.82) is 0 Å². The lowest BCUT2D eigenvalue weighted by atomic mass is 9.91. The first-order valence-corrected chi connectivity index (χ1v) is 7.84. The molecule has 0 N–H and O–H groups in total. The van der Waals surface area contributed by atoms with Crippen LogP contribution in [0.1, 0.15) is 46.2 Å². The van der Waals surface area contributed by atoms with Crippen molar-refractivity contribution in [2.75, 3.05) is 7.11 Å². The molecule has 0 unspecified atom stereocenters. The average Bonchev–Trinajstić information content (AvgIpc) is 3.03. The Morgan fingerprint density at radius 2 is 1.67 bits per heavy atom. The van der Waals surface area contributed by atoms with Crippen LogP contribution in [0.3, 0.4) is 0 Å². The van der Waals surface area contributed by atoms with Gasteiger partial charge in [0.25, 0.3) is 0 Å². The van der Waals surface area contributed by atoms with Crippen molar-refractivity contribution >= 4 is 11.6 Å². The van der Waals surface area contributed by atoms with Gasteiger partial charge in [0.05, 0.1) is 0 Å². The molecule has 4 rings (SSSR count). The molecule has 1 aromatic rings. The summed E-state index contributed by atoms with van der Waals surface area (Å²) in [4.78, 5) is 24.0. The second-order valence-corrected chi connectivity index (χ2v) is 6.59. The molecule has 126 valence electrons. The highest BCUT2D eigenvalue weighted by atomic mass is 16.8. The summed E-state index contributed by atoms with van der Waals surface area (Å²) >= 11 is 0. The second kappa shape index (κ2) is 5.32. The molecule has 0 bridgehead atoms. The molecule has 6 heteroatoms. The molecular formula is C18H18O6. The van der Waals surface area contributed by atoms with Crippen LogP contribution in [0.5, 0.6) is 0 Å². The number of allylic oxidation sites excluding steroid dienone is 2. The zero-order chi connectivity index (χ0) is 17.1. The topological polar surface area (TPSA) is 71.1 Å². The SMILES string of the molecule is CO[C@H]1O[C@H](c2ccc3c(c2)C(=O)C=CC3=O)[C@@H]2OC(C)(C)O[C@H]12. The summed E-state index contributed by atoms with van der Waals surface area (Å²) in [5.41, 5.74) is 1.56. The molecule has 1 aliphatic carbocycles. The highest BCUT2D eigenvalue weighted by Gasteiger charge is 2.56. The molecular weight excluding hydrogens is 312 g/mol. The van der Waals surface area contributed by atoms with Crippen LogP contribution in [0.2, 0.25) is 0 Å². The third kappa shape index (κ3) is 2.34. The molecule has 0 saturated carbocycles. The van der Waals surface area contributed by atoms with E-state index in [0.29, 0.717) is 11.1 Å². The molecule has 0 amide bonds. The van der Waals surface area contributed by atoms with Crippen LogP contribution < -0.4 is 0 Å². The lowest BCUT2D eigenvalue weighted by Crippen LogP contribution is -2.30. The fourth-order valence-corrected chi connectivity index (χ4v) is 3.51. The van der Waals surface area contributed by atoms with Crippen molar-refractivity contribution in [2.24, 2.45) is 0 Å². The number of benzene rings is 1. The van der Waals surface area contributed by atoms with E-state index >= 15 is 0 Å². The van der Waals surface area contributed by atoms with Gasteiger partial charge in [0, 0.05) is 18.2 Å². The largest absolute Gasteiger partial charge is 0.353 e. The van der Waals surface area contributed by atoms with Crippen molar-refractivity contribution < 1.29 is 28.5 Å². The van der Waals surface area contributed by atoms with Crippen LogP contribution >= 0.6 is 0 Å². The number of hydrogen-bond donors (Lipinski definition) is 0. The van der Waals surface area contributed by atoms with E-state index in [1.807, 2.05) is 13.8 Å². The highest BCUT2D eigenvalue weighted by Crippen LogP contribution is 2.45. The number of carbonyl (C=O) groups excluding carboxylic acids is 2. The Morgan fingerprint density at radius 3 is 2.38 bits per heavy atom. The number of ether oxygens (including phenoxy) is 4. The third-order valence-corrected chi connectivity index (χ3v) is 4.53. The summed E-state index contributed by atoms with van der Waals surface area (Å²) in [5.74, 6) is -1.08. The molecule has 6 nitrogen and oxygen atoms in total. The van der Waals surface area contributed by atoms with Gasteiger partial charge in [0.2, 0.25) is 0 Å². The van der Waals surface area contributed by atoms with E-state index in [0.717, 1.165) is 5.56 Å². The van der Waals surface area contributed by atoms with Crippen molar-refractivity contribution in [1.82, 2.24) is 0 Å². The Bertz CT molecular complexity index is 750. The molecule has 2 heterocycles. The van der Waals surface area contributed by atoms with Crippen LogP contribution in [0.4, 0.5) is 0 Å². The zero-order valence-electron chi connectivity index (χ0n) is 13.6. The molecule has 0 aromatic heterocycles. The third-order valence-electron chi connectivity index (χ3n) is 4.53. The van der Waals surface area contributed by atoms with Crippen molar-refractivity contribution in [2.45, 2.75) is 44.2 Å². The standard InChI is InChI=1S/C18H18O6/c1-18(2)23-15-14(22-17(21-3)16(15)24-18)9-4-5-10-11(8-9)13(20)7-6-12(10)19/h4-8,14-17H,1-3H3/t14-,15+,16+,17+/m1/s1. The maximum Gasteiger partial charge on any atom is 0.187 e. The summed E-state index contributed by atoms with van der Waals surface area (Å²) in [6, 6.07) is 5.15. The van der Waals surface area contributed by atoms with E-state index < -0.39 is 18.2 Å². The summed E-state index contributed by atoms with van der Waals surface area (Å²) in [6.07, 6.45) is 0.930. The van der Waals surface area contributed by atoms with E-state index in [2.05, 4.69) is 0 Å². The predicted octanol–water partition coefficient (Wildman–Crippen LogP) is 2.19. The number of carbonyl (C=O) groups is 2. The van der Waals surface area contributed by atoms with E-state index in [4.69, 9.17) is 18.9 Å². The predicted molar refractivity (Wildman–Crippen MR) is 82.7 cm³/mol. The summed E-state index contributed by atoms with van der Waals surface area (Å²) in [7, 11) is 1.55. The van der Waals surface area contributed by atoms with Crippen LogP contribution in [0.25, 0.3) is 0 Å². The van der Waals surface area contributed by atoms with Gasteiger partial charge in [-0.2, -0.15) is 0 Å². The second-order valence-electron chi connectivity index (χ2n) is 6.59. The minimum Gasteiger partial charge on any atom is -0.353 e. The van der Waals surface area contributed by atoms with Gasteiger partial charge < -0.3 is 18.9 Å². The maximum atomic E-state index is 12.1. The molecule has 0 spiro atoms. The van der Waals surface area contributed by atoms with Crippen molar-refractivity contribution in [3.05, 3.63) is 47.0 Å². The molecule has 4 atom stereocenters. The van der Waals surface area contributed by atoms with Gasteiger partial charge in [-0.1, -0.05) is 6.07 Å². The Hall–Kier alpha value is -1.86. The minimum atomic E-state index is -0.725. The molecule has 2 fully saturated rings. The van der Waals surface area contributed by atoms with Gasteiger partial charge in [0.1, 0.15) is 18.3 Å². The summed E-state index contributed by atoms with van der Waals surface area (Å²) in [6.45, 7) is 3.68. The van der Waals surface area contributed by atoms with Crippen LogP contribution in [-0.4, -0.2) is 43.0 Å². The van der Waals surface area contributed by atoms with E-state index in [9.17, 15) is 9.59 Å². The van der Waals surface area contributed by atoms with Gasteiger partial charge in [-0.3, -0.25) is 9.59 Å². The molecule has 0 radical (unpaired) electrons. The van der Waals surface area contributed by atoms with E-state index in [1.165, 1.54) is 12.2 Å². The summed E-state index contributed by atoms with van der Waals surface area (Å²) < 4.78 is 23.1. The number of methoxy groups -OCH3 is 1. The van der Waals surface area contributed by atoms with E-state index in [-0.39, 0.29) is 23.8 Å². The smallest absolute Gasteiger partial charge is 0.187 e. The van der Waals surface area contributed by atoms with Gasteiger partial charge in [-0.25, -0.2) is 0 Å². The fraction of sp³-hybridized carbons (Fsp3) is 0.444. The molecule has 24 heavy (non-hydrogen) atoms. The van der Waals surface area contributed by atoms with E-state index in [1.54, 1.807) is 25.3 Å². The Kier molecular flexibility index (Phi) is 3.47. The lowest BCUT2D eigenvalue weighted by Gasteiger charge is -2.24. The van der Waals surface area contributed by atoms with Gasteiger partial charge in [0.15, 0.2) is 23.6 Å². The van der Waals surface area contributed by atoms with Crippen LogP contribution in [0, 0.1) is 0 Å². The van der Waals surface area contributed by atoms with Crippen molar-refractivity contribution in [3.63, 3.8) is 0 Å². The Labute approximate surface area is 139 Å². The fourth-order valence-electron chi connectivity index (χ4n) is 3.51. The van der Waals surface area contributed by atoms with Gasteiger partial charge >= 0.3 is 0 Å². The Balaban J connectivity index is 1.71. The van der Waals surface area contributed by atoms with Crippen LogP contribution in [-0.2, 0) is 18.9 Å². The summed E-state index contributed by atoms with van der Waals surface area (Å²) in [5, 5.41) is 0. The monoisotopic (exact) mass is 330 g/mol. The Morgan fingerprint density at radius 1 is 1.00 bits per heavy atom.